The highest BCUT2D eigenvalue weighted by atomic mass is 79.9. The first-order valence-electron chi connectivity index (χ1n) is 3.82. The van der Waals surface area contributed by atoms with Gasteiger partial charge in [0, 0.05) is 16.0 Å². The molecule has 0 aliphatic heterocycles. The predicted octanol–water partition coefficient (Wildman–Crippen LogP) is 2.83. The molecule has 1 N–H and O–H groups in total. The molecule has 0 saturated heterocycles. The average Bonchev–Trinajstić information content (AvgIpc) is 2.11. The van der Waals surface area contributed by atoms with Crippen LogP contribution in [0.25, 0.3) is 0 Å². The molecule has 0 aliphatic rings. The molecule has 0 atom stereocenters. The Balaban J connectivity index is 2.65. The fourth-order valence-electron chi connectivity index (χ4n) is 0.948. The maximum absolute atomic E-state index is 5.84. The highest BCUT2D eigenvalue weighted by Crippen LogP contribution is 2.20. The van der Waals surface area contributed by atoms with Gasteiger partial charge in [0.25, 0.3) is 0 Å². The van der Waals surface area contributed by atoms with Gasteiger partial charge in [-0.15, -0.1) is 6.42 Å². The molecular formula is C10H9BrClN. The Morgan fingerprint density at radius 2 is 2.31 bits per heavy atom. The minimum atomic E-state index is 0.568. The molecule has 13 heavy (non-hydrogen) atoms. The molecule has 0 amide bonds. The number of halogens is 2. The minimum Gasteiger partial charge on any atom is -0.302 e. The summed E-state index contributed by atoms with van der Waals surface area (Å²) in [6.07, 6.45) is 5.11. The summed E-state index contributed by atoms with van der Waals surface area (Å²) in [5.74, 6) is 2.51. The Morgan fingerprint density at radius 3 is 3.00 bits per heavy atom. The van der Waals surface area contributed by atoms with Crippen molar-refractivity contribution < 1.29 is 0 Å². The van der Waals surface area contributed by atoms with Crippen LogP contribution in [0.5, 0.6) is 0 Å². The molecule has 0 aromatic heterocycles. The van der Waals surface area contributed by atoms with Gasteiger partial charge in [-0.05, 0) is 23.8 Å². The van der Waals surface area contributed by atoms with E-state index in [-0.39, 0.29) is 0 Å². The fourth-order valence-corrected chi connectivity index (χ4v) is 1.53. The standard InChI is InChI=1S/C10H9BrClN/c1-2-5-13-7-8-6-9(12)3-4-10(8)11/h1,3-4,6,13H,5,7H2. The Morgan fingerprint density at radius 1 is 1.54 bits per heavy atom. The Kier molecular flexibility index (Phi) is 4.31. The van der Waals surface area contributed by atoms with E-state index >= 15 is 0 Å². The second-order valence-corrected chi connectivity index (χ2v) is 3.83. The van der Waals surface area contributed by atoms with E-state index in [1.807, 2.05) is 18.2 Å². The number of hydrogen-bond acceptors (Lipinski definition) is 1. The zero-order valence-electron chi connectivity index (χ0n) is 6.98. The molecule has 0 heterocycles. The van der Waals surface area contributed by atoms with Crippen LogP contribution in [0.2, 0.25) is 5.02 Å². The molecule has 1 aromatic rings. The number of rotatable bonds is 3. The van der Waals surface area contributed by atoms with Crippen LogP contribution in [0, 0.1) is 12.3 Å². The lowest BCUT2D eigenvalue weighted by Crippen LogP contribution is -2.13. The van der Waals surface area contributed by atoms with Crippen LogP contribution in [0.1, 0.15) is 5.56 Å². The van der Waals surface area contributed by atoms with Crippen molar-refractivity contribution >= 4 is 27.5 Å². The fraction of sp³-hybridized carbons (Fsp3) is 0.200. The molecule has 0 unspecified atom stereocenters. The number of benzene rings is 1. The van der Waals surface area contributed by atoms with Gasteiger partial charge < -0.3 is 5.32 Å². The van der Waals surface area contributed by atoms with Crippen LogP contribution in [-0.2, 0) is 6.54 Å². The minimum absolute atomic E-state index is 0.568. The van der Waals surface area contributed by atoms with Crippen LogP contribution < -0.4 is 5.32 Å². The van der Waals surface area contributed by atoms with Gasteiger partial charge in [0.05, 0.1) is 6.54 Å². The highest BCUT2D eigenvalue weighted by Gasteiger charge is 1.99. The van der Waals surface area contributed by atoms with Crippen molar-refractivity contribution in [3.05, 3.63) is 33.3 Å². The van der Waals surface area contributed by atoms with Crippen molar-refractivity contribution in [3.8, 4) is 12.3 Å². The van der Waals surface area contributed by atoms with Gasteiger partial charge in [0.1, 0.15) is 0 Å². The molecule has 1 rings (SSSR count). The van der Waals surface area contributed by atoms with Crippen LogP contribution >= 0.6 is 27.5 Å². The van der Waals surface area contributed by atoms with E-state index in [0.29, 0.717) is 6.54 Å². The number of hydrogen-bond donors (Lipinski definition) is 1. The van der Waals surface area contributed by atoms with E-state index in [0.717, 1.165) is 21.6 Å². The molecule has 0 fully saturated rings. The molecule has 0 bridgehead atoms. The topological polar surface area (TPSA) is 12.0 Å². The zero-order chi connectivity index (χ0) is 9.68. The Labute approximate surface area is 91.6 Å². The van der Waals surface area contributed by atoms with Crippen LogP contribution in [0.3, 0.4) is 0 Å². The van der Waals surface area contributed by atoms with Gasteiger partial charge in [0.15, 0.2) is 0 Å². The van der Waals surface area contributed by atoms with Gasteiger partial charge in [-0.3, -0.25) is 0 Å². The second-order valence-electron chi connectivity index (χ2n) is 2.54. The average molecular weight is 259 g/mol. The van der Waals surface area contributed by atoms with Crippen molar-refractivity contribution in [1.82, 2.24) is 5.32 Å². The van der Waals surface area contributed by atoms with E-state index in [1.165, 1.54) is 0 Å². The van der Waals surface area contributed by atoms with E-state index in [2.05, 4.69) is 27.2 Å². The van der Waals surface area contributed by atoms with E-state index in [4.69, 9.17) is 18.0 Å². The van der Waals surface area contributed by atoms with Crippen LogP contribution in [-0.4, -0.2) is 6.54 Å². The van der Waals surface area contributed by atoms with Crippen molar-refractivity contribution in [1.29, 1.82) is 0 Å². The summed E-state index contributed by atoms with van der Waals surface area (Å²) in [6, 6.07) is 5.68. The number of nitrogens with one attached hydrogen (secondary N) is 1. The third kappa shape index (κ3) is 3.40. The maximum atomic E-state index is 5.84. The smallest absolute Gasteiger partial charge is 0.0576 e. The van der Waals surface area contributed by atoms with E-state index in [1.54, 1.807) is 0 Å². The monoisotopic (exact) mass is 257 g/mol. The Hall–Kier alpha value is -0.490. The van der Waals surface area contributed by atoms with Crippen LogP contribution in [0.4, 0.5) is 0 Å². The van der Waals surface area contributed by atoms with E-state index in [9.17, 15) is 0 Å². The summed E-state index contributed by atoms with van der Waals surface area (Å²) in [4.78, 5) is 0. The summed E-state index contributed by atoms with van der Waals surface area (Å²) in [5, 5.41) is 3.83. The summed E-state index contributed by atoms with van der Waals surface area (Å²) in [7, 11) is 0. The zero-order valence-corrected chi connectivity index (χ0v) is 9.32. The molecule has 3 heteroatoms. The summed E-state index contributed by atoms with van der Waals surface area (Å²) < 4.78 is 1.04. The molecule has 1 aromatic carbocycles. The molecular weight excluding hydrogens is 249 g/mol. The first kappa shape index (κ1) is 10.6. The molecule has 0 saturated carbocycles. The van der Waals surface area contributed by atoms with Crippen molar-refractivity contribution in [2.75, 3.05) is 6.54 Å². The normalized spacial score (nSPS) is 9.62. The van der Waals surface area contributed by atoms with Crippen molar-refractivity contribution in [2.45, 2.75) is 6.54 Å². The van der Waals surface area contributed by atoms with Gasteiger partial charge in [-0.25, -0.2) is 0 Å². The maximum Gasteiger partial charge on any atom is 0.0576 e. The molecule has 0 spiro atoms. The largest absolute Gasteiger partial charge is 0.302 e. The third-order valence-corrected chi connectivity index (χ3v) is 2.56. The summed E-state index contributed by atoms with van der Waals surface area (Å²) >= 11 is 9.27. The van der Waals surface area contributed by atoms with Gasteiger partial charge in [0.2, 0.25) is 0 Å². The quantitative estimate of drug-likeness (QED) is 0.649. The first-order valence-corrected chi connectivity index (χ1v) is 4.99. The van der Waals surface area contributed by atoms with E-state index < -0.39 is 0 Å². The lowest BCUT2D eigenvalue weighted by Gasteiger charge is -2.04. The van der Waals surface area contributed by atoms with Crippen molar-refractivity contribution in [3.63, 3.8) is 0 Å². The molecule has 0 radical (unpaired) electrons. The third-order valence-electron chi connectivity index (χ3n) is 1.55. The Bertz CT molecular complexity index is 330. The van der Waals surface area contributed by atoms with Gasteiger partial charge in [-0.1, -0.05) is 33.5 Å². The molecule has 1 nitrogen and oxygen atoms in total. The number of terminal acetylenes is 1. The SMILES string of the molecule is C#CCNCc1cc(Cl)ccc1Br. The van der Waals surface area contributed by atoms with Crippen molar-refractivity contribution in [2.24, 2.45) is 0 Å². The molecule has 68 valence electrons. The van der Waals surface area contributed by atoms with Gasteiger partial charge in [-0.2, -0.15) is 0 Å². The predicted molar refractivity (Wildman–Crippen MR) is 59.7 cm³/mol. The highest BCUT2D eigenvalue weighted by molar-refractivity contribution is 9.10. The lowest BCUT2D eigenvalue weighted by atomic mass is 10.2. The van der Waals surface area contributed by atoms with Crippen LogP contribution in [0.15, 0.2) is 22.7 Å². The summed E-state index contributed by atoms with van der Waals surface area (Å²) in [5.41, 5.74) is 1.11. The van der Waals surface area contributed by atoms with Gasteiger partial charge >= 0.3 is 0 Å². The molecule has 0 aliphatic carbocycles. The second kappa shape index (κ2) is 5.29. The lowest BCUT2D eigenvalue weighted by molar-refractivity contribution is 0.768. The first-order chi connectivity index (χ1) is 6.24. The summed E-state index contributed by atoms with van der Waals surface area (Å²) in [6.45, 7) is 1.30.